The lowest BCUT2D eigenvalue weighted by atomic mass is 10.0. The Labute approximate surface area is 123 Å². The monoisotopic (exact) mass is 304 g/mol. The van der Waals surface area contributed by atoms with E-state index in [1.165, 1.54) is 0 Å². The van der Waals surface area contributed by atoms with Crippen molar-refractivity contribution in [3.05, 3.63) is 34.6 Å². The molecule has 1 aromatic rings. The lowest BCUT2D eigenvalue weighted by molar-refractivity contribution is -0.136. The number of hydrogen-bond donors (Lipinski definition) is 1. The summed E-state index contributed by atoms with van der Waals surface area (Å²) in [6.07, 6.45) is 0.276. The number of rotatable bonds is 2. The second-order valence-corrected chi connectivity index (χ2v) is 4.95. The zero-order valence-electron chi connectivity index (χ0n) is 11.1. The molecule has 22 heavy (non-hydrogen) atoms. The number of halogens is 1. The van der Waals surface area contributed by atoms with Gasteiger partial charge in [0.1, 0.15) is 11.9 Å². The van der Waals surface area contributed by atoms with Crippen molar-refractivity contribution in [2.75, 3.05) is 0 Å². The van der Waals surface area contributed by atoms with Gasteiger partial charge in [0.25, 0.3) is 11.8 Å². The lowest BCUT2D eigenvalue weighted by Gasteiger charge is -2.27. The summed E-state index contributed by atoms with van der Waals surface area (Å²) in [4.78, 5) is 59.3. The minimum absolute atomic E-state index is 0.0336. The third-order valence-corrected chi connectivity index (χ3v) is 3.70. The number of carbonyl (C=O) groups is 5. The van der Waals surface area contributed by atoms with Crippen LogP contribution in [-0.2, 0) is 9.59 Å². The number of aldehydes is 1. The van der Waals surface area contributed by atoms with Crippen LogP contribution in [0.15, 0.2) is 12.1 Å². The molecule has 1 unspecified atom stereocenters. The van der Waals surface area contributed by atoms with Crippen molar-refractivity contribution in [1.82, 2.24) is 10.2 Å². The minimum atomic E-state index is -1.19. The van der Waals surface area contributed by atoms with E-state index >= 15 is 0 Å². The lowest BCUT2D eigenvalue weighted by Crippen LogP contribution is -2.54. The number of nitrogens with zero attached hydrogens (tertiary/aromatic N) is 1. The Hall–Kier alpha value is -2.90. The quantitative estimate of drug-likeness (QED) is 0.614. The molecule has 1 N–H and O–H groups in total. The average molecular weight is 304 g/mol. The predicted molar refractivity (Wildman–Crippen MR) is 68.5 cm³/mol. The molecule has 0 aliphatic carbocycles. The highest BCUT2D eigenvalue weighted by molar-refractivity contribution is 6.25. The molecule has 0 radical (unpaired) electrons. The van der Waals surface area contributed by atoms with E-state index in [4.69, 9.17) is 0 Å². The number of benzene rings is 1. The van der Waals surface area contributed by atoms with Crippen LogP contribution < -0.4 is 5.32 Å². The molecule has 0 saturated carbocycles. The Bertz CT molecular complexity index is 758. The Kier molecular flexibility index (Phi) is 3.09. The molecule has 3 rings (SSSR count). The fourth-order valence-electron chi connectivity index (χ4n) is 2.68. The molecule has 1 fully saturated rings. The molecule has 0 bridgehead atoms. The Balaban J connectivity index is 2.07. The smallest absolute Gasteiger partial charge is 0.265 e. The molecule has 1 saturated heterocycles. The van der Waals surface area contributed by atoms with Crippen molar-refractivity contribution in [2.24, 2.45) is 0 Å². The van der Waals surface area contributed by atoms with Crippen molar-refractivity contribution < 1.29 is 28.4 Å². The number of amides is 4. The van der Waals surface area contributed by atoms with Gasteiger partial charge in [0, 0.05) is 12.0 Å². The van der Waals surface area contributed by atoms with Gasteiger partial charge in [-0.2, -0.15) is 0 Å². The number of imide groups is 2. The molecule has 112 valence electrons. The van der Waals surface area contributed by atoms with Gasteiger partial charge in [0.15, 0.2) is 6.29 Å². The predicted octanol–water partition coefficient (Wildman–Crippen LogP) is 0.0394. The maximum atomic E-state index is 13.9. The Morgan fingerprint density at radius 3 is 2.45 bits per heavy atom. The van der Waals surface area contributed by atoms with E-state index < -0.39 is 41.1 Å². The first-order valence-electron chi connectivity index (χ1n) is 6.45. The van der Waals surface area contributed by atoms with Crippen LogP contribution in [0.3, 0.4) is 0 Å². The molecule has 8 heteroatoms. The van der Waals surface area contributed by atoms with Gasteiger partial charge in [-0.1, -0.05) is 0 Å². The highest BCUT2D eigenvalue weighted by Gasteiger charge is 2.46. The zero-order chi connectivity index (χ0) is 16.0. The van der Waals surface area contributed by atoms with Gasteiger partial charge < -0.3 is 0 Å². The van der Waals surface area contributed by atoms with Gasteiger partial charge in [-0.15, -0.1) is 0 Å². The highest BCUT2D eigenvalue weighted by Crippen LogP contribution is 2.31. The van der Waals surface area contributed by atoms with E-state index in [0.717, 1.165) is 12.1 Å². The maximum absolute atomic E-state index is 13.9. The molecule has 0 spiro atoms. The summed E-state index contributed by atoms with van der Waals surface area (Å²) in [5.41, 5.74) is -0.978. The summed E-state index contributed by atoms with van der Waals surface area (Å²) in [7, 11) is 0. The van der Waals surface area contributed by atoms with E-state index in [0.29, 0.717) is 11.2 Å². The number of hydrogen-bond acceptors (Lipinski definition) is 5. The number of piperidine rings is 1. The molecule has 1 aromatic carbocycles. The number of carbonyl (C=O) groups excluding carboxylic acids is 5. The second-order valence-electron chi connectivity index (χ2n) is 4.95. The summed E-state index contributed by atoms with van der Waals surface area (Å²) in [5, 5.41) is 2.03. The van der Waals surface area contributed by atoms with E-state index in [9.17, 15) is 28.4 Å². The topological polar surface area (TPSA) is 101 Å². The van der Waals surface area contributed by atoms with Crippen molar-refractivity contribution in [3.63, 3.8) is 0 Å². The van der Waals surface area contributed by atoms with Gasteiger partial charge in [-0.05, 0) is 18.6 Å². The summed E-state index contributed by atoms with van der Waals surface area (Å²) in [6, 6.07) is 0.825. The molecule has 7 nitrogen and oxygen atoms in total. The van der Waals surface area contributed by atoms with Crippen LogP contribution in [0.2, 0.25) is 0 Å². The fourth-order valence-corrected chi connectivity index (χ4v) is 2.68. The summed E-state index contributed by atoms with van der Waals surface area (Å²) in [6.45, 7) is 0. The first kappa shape index (κ1) is 14.1. The van der Waals surface area contributed by atoms with Gasteiger partial charge in [0.05, 0.1) is 11.1 Å². The van der Waals surface area contributed by atoms with Crippen molar-refractivity contribution in [1.29, 1.82) is 0 Å². The van der Waals surface area contributed by atoms with Crippen molar-refractivity contribution >= 4 is 29.9 Å². The van der Waals surface area contributed by atoms with Crippen LogP contribution in [0.25, 0.3) is 0 Å². The van der Waals surface area contributed by atoms with Crippen LogP contribution in [-0.4, -0.2) is 40.9 Å². The molecule has 1 atom stereocenters. The van der Waals surface area contributed by atoms with E-state index in [-0.39, 0.29) is 24.0 Å². The zero-order valence-corrected chi connectivity index (χ0v) is 11.1. The van der Waals surface area contributed by atoms with Gasteiger partial charge in [-0.25, -0.2) is 4.39 Å². The molecule has 2 heterocycles. The first-order valence-corrected chi connectivity index (χ1v) is 6.45. The fraction of sp³-hybridized carbons (Fsp3) is 0.214. The van der Waals surface area contributed by atoms with Gasteiger partial charge in [0.2, 0.25) is 11.8 Å². The molecule has 2 aliphatic heterocycles. The molecular weight excluding hydrogens is 295 g/mol. The van der Waals surface area contributed by atoms with Gasteiger partial charge >= 0.3 is 0 Å². The van der Waals surface area contributed by atoms with Crippen molar-refractivity contribution in [2.45, 2.75) is 18.9 Å². The van der Waals surface area contributed by atoms with E-state index in [1.807, 2.05) is 5.32 Å². The van der Waals surface area contributed by atoms with Crippen molar-refractivity contribution in [3.8, 4) is 0 Å². The Morgan fingerprint density at radius 1 is 1.14 bits per heavy atom. The van der Waals surface area contributed by atoms with Crippen LogP contribution in [0.4, 0.5) is 4.39 Å². The molecule has 4 amide bonds. The first-order chi connectivity index (χ1) is 10.5. The summed E-state index contributed by atoms with van der Waals surface area (Å²) < 4.78 is 13.9. The average Bonchev–Trinajstić information content (AvgIpc) is 2.73. The van der Waals surface area contributed by atoms with E-state index in [2.05, 4.69) is 0 Å². The van der Waals surface area contributed by atoms with Gasteiger partial charge in [-0.3, -0.25) is 34.2 Å². The molecular formula is C14H9FN2O5. The number of nitrogens with one attached hydrogen (secondary N) is 1. The Morgan fingerprint density at radius 2 is 1.82 bits per heavy atom. The van der Waals surface area contributed by atoms with Crippen LogP contribution >= 0.6 is 0 Å². The van der Waals surface area contributed by atoms with Crippen LogP contribution in [0.5, 0.6) is 0 Å². The molecule has 0 aromatic heterocycles. The summed E-state index contributed by atoms with van der Waals surface area (Å²) >= 11 is 0. The van der Waals surface area contributed by atoms with Crippen LogP contribution in [0.1, 0.15) is 43.9 Å². The SMILES string of the molecule is O=Cc1ccc(F)c2c1C(=O)N(C1CCC(=O)NC1=O)C2=O. The third-order valence-electron chi connectivity index (χ3n) is 3.70. The normalized spacial score (nSPS) is 21.0. The highest BCUT2D eigenvalue weighted by atomic mass is 19.1. The molecule has 2 aliphatic rings. The van der Waals surface area contributed by atoms with E-state index in [1.54, 1.807) is 0 Å². The number of fused-ring (bicyclic) bond motifs is 1. The van der Waals surface area contributed by atoms with Crippen LogP contribution in [0, 0.1) is 5.82 Å². The minimum Gasteiger partial charge on any atom is -0.298 e. The maximum Gasteiger partial charge on any atom is 0.265 e. The standard InChI is InChI=1S/C14H9FN2O5/c15-7-2-1-6(5-18)10-11(7)14(22)17(13(10)21)8-3-4-9(19)16-12(8)20/h1-2,5,8H,3-4H2,(H,16,19,20). The third kappa shape index (κ3) is 1.84. The summed E-state index contributed by atoms with van der Waals surface area (Å²) in [5.74, 6) is -4.11. The second kappa shape index (κ2) is 4.83. The largest absolute Gasteiger partial charge is 0.298 e.